The molecule has 0 aromatic carbocycles. The molecule has 4 heteroatoms. The van der Waals surface area contributed by atoms with Gasteiger partial charge in [0.05, 0.1) is 12.5 Å². The molecule has 25 heavy (non-hydrogen) atoms. The highest BCUT2D eigenvalue weighted by atomic mass is 16.5. The van der Waals surface area contributed by atoms with Crippen LogP contribution < -0.4 is 0 Å². The maximum Gasteiger partial charge on any atom is 0.312 e. The Bertz CT molecular complexity index is 552. The van der Waals surface area contributed by atoms with Crippen molar-refractivity contribution in [2.24, 2.45) is 28.6 Å². The number of aliphatic hydroxyl groups is 1. The topological polar surface area (TPSA) is 63.6 Å². The number of fused-ring (bicyclic) bond motifs is 1. The number of ether oxygens (including phenoxy) is 1. The molecule has 0 saturated heterocycles. The fourth-order valence-corrected chi connectivity index (χ4v) is 4.96. The molecule has 0 amide bonds. The van der Waals surface area contributed by atoms with Crippen LogP contribution in [-0.4, -0.2) is 30.6 Å². The van der Waals surface area contributed by atoms with Gasteiger partial charge in [-0.25, -0.2) is 0 Å². The molecule has 2 aliphatic carbocycles. The lowest BCUT2D eigenvalue weighted by atomic mass is 9.51. The highest BCUT2D eigenvalue weighted by molar-refractivity contribution is 5.97. The third kappa shape index (κ3) is 3.69. The van der Waals surface area contributed by atoms with Crippen LogP contribution in [0.15, 0.2) is 11.6 Å². The molecular weight excluding hydrogens is 316 g/mol. The van der Waals surface area contributed by atoms with Crippen LogP contribution in [0.3, 0.4) is 0 Å². The highest BCUT2D eigenvalue weighted by Gasteiger charge is 2.54. The van der Waals surface area contributed by atoms with E-state index in [1.54, 1.807) is 0 Å². The Hall–Kier alpha value is -1.16. The number of esters is 1. The Morgan fingerprint density at radius 2 is 2.04 bits per heavy atom. The van der Waals surface area contributed by atoms with Gasteiger partial charge in [0.15, 0.2) is 5.78 Å². The molecule has 0 unspecified atom stereocenters. The van der Waals surface area contributed by atoms with E-state index in [1.807, 2.05) is 13.0 Å². The van der Waals surface area contributed by atoms with E-state index < -0.39 is 5.41 Å². The highest BCUT2D eigenvalue weighted by Crippen LogP contribution is 2.58. The molecule has 0 radical (unpaired) electrons. The monoisotopic (exact) mass is 350 g/mol. The van der Waals surface area contributed by atoms with Gasteiger partial charge in [-0.2, -0.15) is 0 Å². The molecule has 0 heterocycles. The number of aliphatic hydroxyl groups excluding tert-OH is 1. The zero-order chi connectivity index (χ0) is 18.8. The maximum atomic E-state index is 12.5. The summed E-state index contributed by atoms with van der Waals surface area (Å²) >= 11 is 0. The van der Waals surface area contributed by atoms with Crippen molar-refractivity contribution in [1.82, 2.24) is 0 Å². The Balaban J connectivity index is 2.34. The number of hydrogen-bond donors (Lipinski definition) is 1. The van der Waals surface area contributed by atoms with Gasteiger partial charge in [0.25, 0.3) is 0 Å². The van der Waals surface area contributed by atoms with Gasteiger partial charge in [-0.15, -0.1) is 0 Å². The molecule has 0 aromatic rings. The van der Waals surface area contributed by atoms with Crippen LogP contribution in [0.1, 0.15) is 66.2 Å². The molecule has 1 N–H and O–H groups in total. The summed E-state index contributed by atoms with van der Waals surface area (Å²) in [4.78, 5) is 25.0. The minimum absolute atomic E-state index is 0.0443. The van der Waals surface area contributed by atoms with Gasteiger partial charge in [-0.3, -0.25) is 9.59 Å². The van der Waals surface area contributed by atoms with Gasteiger partial charge in [0.2, 0.25) is 0 Å². The largest absolute Gasteiger partial charge is 0.469 e. The van der Waals surface area contributed by atoms with Crippen molar-refractivity contribution in [3.63, 3.8) is 0 Å². The molecule has 0 spiro atoms. The van der Waals surface area contributed by atoms with E-state index in [4.69, 9.17) is 9.84 Å². The molecule has 1 saturated carbocycles. The molecule has 0 aliphatic heterocycles. The smallest absolute Gasteiger partial charge is 0.312 e. The maximum absolute atomic E-state index is 12.5. The summed E-state index contributed by atoms with van der Waals surface area (Å²) in [6.45, 7) is 8.82. The van der Waals surface area contributed by atoms with Crippen LogP contribution in [0.4, 0.5) is 0 Å². The SMILES string of the molecule is COC(=O)[C@@]1(C)CC(=O)C=C2[C@@H]1CC[C@@H](C)[C@]2(C)CC[C@@H](C)CCO. The molecule has 5 atom stereocenters. The minimum Gasteiger partial charge on any atom is -0.469 e. The lowest BCUT2D eigenvalue weighted by Crippen LogP contribution is -2.49. The molecule has 2 aliphatic rings. The quantitative estimate of drug-likeness (QED) is 0.738. The summed E-state index contributed by atoms with van der Waals surface area (Å²) < 4.78 is 5.07. The van der Waals surface area contributed by atoms with Crippen LogP contribution in [0.2, 0.25) is 0 Å². The fourth-order valence-electron chi connectivity index (χ4n) is 4.96. The molecule has 0 bridgehead atoms. The number of ketones is 1. The fraction of sp³-hybridized carbons (Fsp3) is 0.810. The summed E-state index contributed by atoms with van der Waals surface area (Å²) in [5.74, 6) is 0.808. The van der Waals surface area contributed by atoms with E-state index in [-0.39, 0.29) is 36.1 Å². The van der Waals surface area contributed by atoms with Gasteiger partial charge in [0, 0.05) is 13.0 Å². The van der Waals surface area contributed by atoms with Crippen LogP contribution in [0.25, 0.3) is 0 Å². The molecule has 1 fully saturated rings. The second-order valence-electron chi connectivity index (χ2n) is 8.76. The minimum atomic E-state index is -0.742. The number of carbonyl (C=O) groups is 2. The van der Waals surface area contributed by atoms with Crippen molar-refractivity contribution in [2.75, 3.05) is 13.7 Å². The first-order valence-corrected chi connectivity index (χ1v) is 9.63. The van der Waals surface area contributed by atoms with Crippen molar-refractivity contribution in [2.45, 2.75) is 66.2 Å². The first kappa shape index (κ1) is 20.2. The molecular formula is C21H34O4. The summed E-state index contributed by atoms with van der Waals surface area (Å²) in [5, 5.41) is 9.16. The van der Waals surface area contributed by atoms with Crippen molar-refractivity contribution in [3.05, 3.63) is 11.6 Å². The van der Waals surface area contributed by atoms with Crippen LogP contribution in [-0.2, 0) is 14.3 Å². The van der Waals surface area contributed by atoms with Gasteiger partial charge < -0.3 is 9.84 Å². The summed E-state index contributed by atoms with van der Waals surface area (Å²) in [5.41, 5.74) is 0.345. The Morgan fingerprint density at radius 3 is 2.64 bits per heavy atom. The lowest BCUT2D eigenvalue weighted by molar-refractivity contribution is -0.158. The van der Waals surface area contributed by atoms with E-state index in [2.05, 4.69) is 20.8 Å². The Labute approximate surface area is 152 Å². The Morgan fingerprint density at radius 1 is 1.36 bits per heavy atom. The first-order valence-electron chi connectivity index (χ1n) is 9.63. The van der Waals surface area contributed by atoms with Crippen molar-refractivity contribution < 1.29 is 19.4 Å². The van der Waals surface area contributed by atoms with E-state index in [0.29, 0.717) is 11.8 Å². The third-order valence-corrected chi connectivity index (χ3v) is 7.07. The Kier molecular flexibility index (Phi) is 6.13. The zero-order valence-electron chi connectivity index (χ0n) is 16.4. The van der Waals surface area contributed by atoms with Crippen molar-refractivity contribution >= 4 is 11.8 Å². The second-order valence-corrected chi connectivity index (χ2v) is 8.76. The molecule has 2 rings (SSSR count). The summed E-state index contributed by atoms with van der Waals surface area (Å²) in [6.07, 6.45) is 6.91. The predicted molar refractivity (Wildman–Crippen MR) is 97.9 cm³/mol. The number of methoxy groups -OCH3 is 1. The molecule has 4 nitrogen and oxygen atoms in total. The first-order chi connectivity index (χ1) is 11.7. The van der Waals surface area contributed by atoms with Crippen LogP contribution in [0.5, 0.6) is 0 Å². The van der Waals surface area contributed by atoms with Gasteiger partial charge in [-0.05, 0) is 68.3 Å². The second kappa shape index (κ2) is 7.61. The van der Waals surface area contributed by atoms with E-state index in [0.717, 1.165) is 37.7 Å². The number of hydrogen-bond acceptors (Lipinski definition) is 4. The van der Waals surface area contributed by atoms with Crippen LogP contribution >= 0.6 is 0 Å². The standard InChI is InChI=1S/C21H34O4/c1-14(9-11-22)8-10-20(3)15(2)6-7-17-18(20)12-16(23)13-21(17,4)19(24)25-5/h12,14-15,17,22H,6-11,13H2,1-5H3/t14-,15-,17+,20+,21+/m1/s1. The van der Waals surface area contributed by atoms with E-state index in [9.17, 15) is 9.59 Å². The van der Waals surface area contributed by atoms with Crippen LogP contribution in [0, 0.1) is 28.6 Å². The van der Waals surface area contributed by atoms with Crippen molar-refractivity contribution in [3.8, 4) is 0 Å². The molecule has 0 aromatic heterocycles. The number of carbonyl (C=O) groups excluding carboxylic acids is 2. The summed E-state index contributed by atoms with van der Waals surface area (Å²) in [6, 6.07) is 0. The van der Waals surface area contributed by atoms with Crippen molar-refractivity contribution in [1.29, 1.82) is 0 Å². The average molecular weight is 350 g/mol. The van der Waals surface area contributed by atoms with E-state index >= 15 is 0 Å². The average Bonchev–Trinajstić information content (AvgIpc) is 2.56. The van der Waals surface area contributed by atoms with Gasteiger partial charge >= 0.3 is 5.97 Å². The predicted octanol–water partition coefficient (Wildman–Crippen LogP) is 3.92. The van der Waals surface area contributed by atoms with Gasteiger partial charge in [-0.1, -0.05) is 26.3 Å². The number of rotatable bonds is 6. The summed E-state index contributed by atoms with van der Waals surface area (Å²) in [7, 11) is 1.41. The van der Waals surface area contributed by atoms with E-state index in [1.165, 1.54) is 7.11 Å². The molecule has 142 valence electrons. The lowest BCUT2D eigenvalue weighted by Gasteiger charge is -2.52. The normalized spacial score (nSPS) is 36.4. The third-order valence-electron chi connectivity index (χ3n) is 7.07. The number of allylic oxidation sites excluding steroid dienone is 2. The van der Waals surface area contributed by atoms with Gasteiger partial charge in [0.1, 0.15) is 0 Å². The zero-order valence-corrected chi connectivity index (χ0v) is 16.4.